The van der Waals surface area contributed by atoms with Crippen molar-refractivity contribution in [2.75, 3.05) is 0 Å². The first-order valence-electron chi connectivity index (χ1n) is 8.17. The summed E-state index contributed by atoms with van der Waals surface area (Å²) in [6.07, 6.45) is 0. The Kier molecular flexibility index (Phi) is 3.35. The molecule has 0 spiro atoms. The molecular weight excluding hydrogens is 384 g/mol. The zero-order valence-electron chi connectivity index (χ0n) is 14.1. The number of nitrogens with zero attached hydrogens (tertiary/aromatic N) is 4. The van der Waals surface area contributed by atoms with Crippen LogP contribution in [0.15, 0.2) is 46.2 Å². The van der Waals surface area contributed by atoms with Gasteiger partial charge in [0.1, 0.15) is 35.4 Å². The van der Waals surface area contributed by atoms with Crippen LogP contribution in [0.4, 0.5) is 0 Å². The van der Waals surface area contributed by atoms with Crippen molar-refractivity contribution >= 4 is 33.8 Å². The number of allylic oxidation sites excluding steroid dienone is 2. The third-order valence-corrected chi connectivity index (χ3v) is 6.90. The van der Waals surface area contributed by atoms with Crippen LogP contribution in [0.1, 0.15) is 22.3 Å². The number of benzene rings is 1. The van der Waals surface area contributed by atoms with Gasteiger partial charge in [-0.3, -0.25) is 0 Å². The minimum Gasteiger partial charge on any atom is -0.192 e. The normalized spacial score (nSPS) is 12.0. The van der Waals surface area contributed by atoms with Crippen LogP contribution in [-0.4, -0.2) is 0 Å². The highest BCUT2D eigenvalue weighted by atomic mass is 32.1. The molecule has 0 unspecified atom stereocenters. The summed E-state index contributed by atoms with van der Waals surface area (Å²) in [6, 6.07) is 15.9. The summed E-state index contributed by atoms with van der Waals surface area (Å²) in [5.41, 5.74) is 6.87. The fourth-order valence-electron chi connectivity index (χ4n) is 3.92. The Labute approximate surface area is 168 Å². The maximum absolute atomic E-state index is 9.47. The van der Waals surface area contributed by atoms with Crippen LogP contribution in [-0.2, 0) is 0 Å². The first-order chi connectivity index (χ1) is 13.7. The van der Waals surface area contributed by atoms with Crippen molar-refractivity contribution in [1.82, 2.24) is 0 Å². The van der Waals surface area contributed by atoms with Gasteiger partial charge >= 0.3 is 0 Å². The number of thiophene rings is 2. The highest BCUT2D eigenvalue weighted by Gasteiger charge is 2.34. The van der Waals surface area contributed by atoms with E-state index in [1.807, 2.05) is 59.3 Å². The van der Waals surface area contributed by atoms with E-state index in [2.05, 4.69) is 0 Å². The summed E-state index contributed by atoms with van der Waals surface area (Å²) in [4.78, 5) is 2.00. The molecule has 0 atom stereocenters. The van der Waals surface area contributed by atoms with E-state index in [0.29, 0.717) is 11.1 Å². The molecule has 2 aromatic heterocycles. The van der Waals surface area contributed by atoms with Crippen molar-refractivity contribution in [2.45, 2.75) is 0 Å². The van der Waals surface area contributed by atoms with E-state index in [9.17, 15) is 21.0 Å². The van der Waals surface area contributed by atoms with Gasteiger partial charge in [0.25, 0.3) is 0 Å². The number of hydrogen-bond acceptors (Lipinski definition) is 6. The number of nitriles is 4. The molecular formula is C22H6N4S2. The quantitative estimate of drug-likeness (QED) is 0.328. The third-order valence-electron chi connectivity index (χ3n) is 5.00. The molecule has 0 amide bonds. The van der Waals surface area contributed by atoms with Crippen molar-refractivity contribution in [1.29, 1.82) is 21.0 Å². The lowest BCUT2D eigenvalue weighted by molar-refractivity contribution is 1.46. The van der Waals surface area contributed by atoms with E-state index in [1.54, 1.807) is 22.7 Å². The topological polar surface area (TPSA) is 95.2 Å². The van der Waals surface area contributed by atoms with Crippen LogP contribution in [0, 0.1) is 45.3 Å². The van der Waals surface area contributed by atoms with Crippen LogP contribution in [0.3, 0.4) is 0 Å². The predicted molar refractivity (Wildman–Crippen MR) is 108 cm³/mol. The average molecular weight is 390 g/mol. The smallest absolute Gasteiger partial charge is 0.138 e. The Hall–Kier alpha value is -3.94. The molecule has 2 aliphatic carbocycles. The van der Waals surface area contributed by atoms with Crippen LogP contribution < -0.4 is 0 Å². The zero-order valence-corrected chi connectivity index (χ0v) is 15.7. The standard InChI is InChI=1S/C22H6N4S2/c23-7-11(8-24)19-13-1-3-27-21(13)17-6-16-18(5-15(17)19)22-14(2-4-28-22)20(16)12(9-25)10-26/h1-6H. The second kappa shape index (κ2) is 5.78. The molecule has 4 nitrogen and oxygen atoms in total. The summed E-state index contributed by atoms with van der Waals surface area (Å²) in [7, 11) is 0. The summed E-state index contributed by atoms with van der Waals surface area (Å²) >= 11 is 3.11. The van der Waals surface area contributed by atoms with Crippen LogP contribution >= 0.6 is 22.7 Å². The molecule has 3 aromatic rings. The van der Waals surface area contributed by atoms with Gasteiger partial charge in [-0.1, -0.05) is 0 Å². The molecule has 28 heavy (non-hydrogen) atoms. The number of rotatable bonds is 0. The lowest BCUT2D eigenvalue weighted by Crippen LogP contribution is -1.91. The first kappa shape index (κ1) is 16.2. The van der Waals surface area contributed by atoms with E-state index in [0.717, 1.165) is 43.1 Å². The van der Waals surface area contributed by atoms with E-state index in [4.69, 9.17) is 0 Å². The monoisotopic (exact) mass is 390 g/mol. The van der Waals surface area contributed by atoms with Crippen LogP contribution in [0.2, 0.25) is 0 Å². The Morgan fingerprint density at radius 3 is 1.32 bits per heavy atom. The minimum absolute atomic E-state index is 0.0910. The van der Waals surface area contributed by atoms with Crippen molar-refractivity contribution in [2.24, 2.45) is 0 Å². The van der Waals surface area contributed by atoms with E-state index >= 15 is 0 Å². The second-order valence-electron chi connectivity index (χ2n) is 6.22. The maximum atomic E-state index is 9.47. The van der Waals surface area contributed by atoms with Gasteiger partial charge in [-0.05, 0) is 46.2 Å². The molecule has 126 valence electrons. The lowest BCUT2D eigenvalue weighted by atomic mass is 9.94. The molecule has 0 saturated heterocycles. The molecule has 1 aromatic carbocycles. The predicted octanol–water partition coefficient (Wildman–Crippen LogP) is 5.47. The SMILES string of the molecule is N#CC(C#N)=C1c2cc3c(cc2-c2sccc21)C(=C(C#N)C#N)c1ccsc1-3. The highest BCUT2D eigenvalue weighted by molar-refractivity contribution is 7.14. The van der Waals surface area contributed by atoms with Gasteiger partial charge < -0.3 is 0 Å². The van der Waals surface area contributed by atoms with Crippen molar-refractivity contribution < 1.29 is 0 Å². The summed E-state index contributed by atoms with van der Waals surface area (Å²) in [5, 5.41) is 41.8. The van der Waals surface area contributed by atoms with E-state index < -0.39 is 0 Å². The Morgan fingerprint density at radius 2 is 0.964 bits per heavy atom. The van der Waals surface area contributed by atoms with Gasteiger partial charge in [-0.15, -0.1) is 22.7 Å². The Morgan fingerprint density at radius 1 is 0.571 bits per heavy atom. The lowest BCUT2D eigenvalue weighted by Gasteiger charge is -2.08. The minimum atomic E-state index is 0.0910. The molecule has 0 aliphatic heterocycles. The first-order valence-corrected chi connectivity index (χ1v) is 9.93. The fraction of sp³-hybridized carbons (Fsp3) is 0. The van der Waals surface area contributed by atoms with Gasteiger partial charge in [0.15, 0.2) is 0 Å². The second-order valence-corrected chi connectivity index (χ2v) is 8.05. The molecule has 6 heteroatoms. The average Bonchev–Trinajstić information content (AvgIpc) is 3.46. The fourth-order valence-corrected chi connectivity index (χ4v) is 5.79. The number of hydrogen-bond donors (Lipinski definition) is 0. The molecule has 2 heterocycles. The molecule has 2 aliphatic rings. The third kappa shape index (κ3) is 1.88. The molecule has 0 radical (unpaired) electrons. The summed E-state index contributed by atoms with van der Waals surface area (Å²) in [6.45, 7) is 0. The molecule has 5 rings (SSSR count). The summed E-state index contributed by atoms with van der Waals surface area (Å²) < 4.78 is 0. The molecule has 0 N–H and O–H groups in total. The maximum Gasteiger partial charge on any atom is 0.138 e. The van der Waals surface area contributed by atoms with Crippen LogP contribution in [0.5, 0.6) is 0 Å². The van der Waals surface area contributed by atoms with E-state index in [1.165, 1.54) is 0 Å². The molecule has 0 bridgehead atoms. The van der Waals surface area contributed by atoms with Crippen molar-refractivity contribution in [3.63, 3.8) is 0 Å². The van der Waals surface area contributed by atoms with Gasteiger partial charge in [-0.25, -0.2) is 0 Å². The van der Waals surface area contributed by atoms with Gasteiger partial charge in [0.05, 0.1) is 0 Å². The van der Waals surface area contributed by atoms with Crippen molar-refractivity contribution in [3.8, 4) is 45.2 Å². The van der Waals surface area contributed by atoms with Gasteiger partial charge in [0, 0.05) is 43.2 Å². The van der Waals surface area contributed by atoms with Gasteiger partial charge in [0.2, 0.25) is 0 Å². The summed E-state index contributed by atoms with van der Waals surface area (Å²) in [5.74, 6) is 0. The van der Waals surface area contributed by atoms with Crippen LogP contribution in [0.25, 0.3) is 32.0 Å². The molecule has 0 fully saturated rings. The van der Waals surface area contributed by atoms with Crippen molar-refractivity contribution in [3.05, 3.63) is 68.4 Å². The molecule has 0 saturated carbocycles. The van der Waals surface area contributed by atoms with Gasteiger partial charge in [-0.2, -0.15) is 21.0 Å². The largest absolute Gasteiger partial charge is 0.192 e. The number of fused-ring (bicyclic) bond motifs is 6. The van der Waals surface area contributed by atoms with E-state index in [-0.39, 0.29) is 11.1 Å². The zero-order chi connectivity index (χ0) is 19.4. The Bertz CT molecular complexity index is 1310. The Balaban J connectivity index is 1.93. The highest BCUT2D eigenvalue weighted by Crippen LogP contribution is 2.55.